The summed E-state index contributed by atoms with van der Waals surface area (Å²) in [7, 11) is 0. The second kappa shape index (κ2) is 6.34. The van der Waals surface area contributed by atoms with Crippen molar-refractivity contribution in [2.45, 2.75) is 24.9 Å². The van der Waals surface area contributed by atoms with Crippen molar-refractivity contribution in [3.63, 3.8) is 0 Å². The number of primary amides is 1. The molecule has 0 atom stereocenters. The zero-order valence-electron chi connectivity index (χ0n) is 14.1. The van der Waals surface area contributed by atoms with Gasteiger partial charge in [0.25, 0.3) is 5.91 Å². The molecule has 0 spiro atoms. The van der Waals surface area contributed by atoms with E-state index in [2.05, 4.69) is 4.98 Å². The molecule has 0 saturated heterocycles. The fraction of sp³-hybridized carbons (Fsp3) is 0.211. The molecule has 27 heavy (non-hydrogen) atoms. The molecule has 1 aliphatic carbocycles. The number of aromatic nitrogens is 2. The normalized spacial score (nSPS) is 15.1. The predicted molar refractivity (Wildman–Crippen MR) is 102 cm³/mol. The van der Waals surface area contributed by atoms with Crippen LogP contribution in [0.5, 0.6) is 0 Å². The topological polar surface area (TPSA) is 98.2 Å². The van der Waals surface area contributed by atoms with Gasteiger partial charge in [-0.1, -0.05) is 23.2 Å². The minimum atomic E-state index is -0.757. The highest BCUT2D eigenvalue weighted by molar-refractivity contribution is 6.40. The minimum Gasteiger partial charge on any atom is -0.392 e. The quantitative estimate of drug-likeness (QED) is 0.699. The van der Waals surface area contributed by atoms with E-state index in [1.54, 1.807) is 24.5 Å². The molecule has 0 bridgehead atoms. The molecule has 0 aliphatic heterocycles. The van der Waals surface area contributed by atoms with E-state index in [1.807, 2.05) is 0 Å². The van der Waals surface area contributed by atoms with Crippen molar-refractivity contribution < 1.29 is 14.7 Å². The second-order valence-electron chi connectivity index (χ2n) is 6.62. The second-order valence-corrected chi connectivity index (χ2v) is 7.44. The molecule has 2 aromatic heterocycles. The Hall–Kier alpha value is -2.41. The molecule has 2 heterocycles. The first-order chi connectivity index (χ1) is 12.9. The van der Waals surface area contributed by atoms with Gasteiger partial charge in [-0.3, -0.25) is 19.1 Å². The molecule has 0 unspecified atom stereocenters. The molecular formula is C19H15Cl2N3O3. The molecule has 1 aliphatic rings. The van der Waals surface area contributed by atoms with Crippen LogP contribution in [0.3, 0.4) is 0 Å². The van der Waals surface area contributed by atoms with Crippen molar-refractivity contribution in [1.29, 1.82) is 0 Å². The van der Waals surface area contributed by atoms with E-state index in [4.69, 9.17) is 28.9 Å². The first-order valence-electron chi connectivity index (χ1n) is 8.29. The number of hydrogen-bond acceptors (Lipinski definition) is 4. The third kappa shape index (κ3) is 2.72. The van der Waals surface area contributed by atoms with Gasteiger partial charge in [0.05, 0.1) is 38.8 Å². The molecule has 1 aromatic carbocycles. The molecule has 1 saturated carbocycles. The van der Waals surface area contributed by atoms with Crippen molar-refractivity contribution in [3.05, 3.63) is 63.5 Å². The zero-order valence-corrected chi connectivity index (χ0v) is 15.6. The first kappa shape index (κ1) is 18.0. The Morgan fingerprint density at radius 3 is 2.44 bits per heavy atom. The SMILES string of the molecule is NC(=O)C1(c2nccc3c2ccn3C(=O)c2c(Cl)cc(CO)cc2Cl)CC1. The lowest BCUT2D eigenvalue weighted by molar-refractivity contribution is -0.120. The number of nitrogens with zero attached hydrogens (tertiary/aromatic N) is 2. The number of fused-ring (bicyclic) bond motifs is 1. The predicted octanol–water partition coefficient (Wildman–Crippen LogP) is 3.04. The molecule has 6 nitrogen and oxygen atoms in total. The molecule has 1 amide bonds. The number of amides is 1. The highest BCUT2D eigenvalue weighted by Gasteiger charge is 2.52. The molecule has 4 rings (SSSR count). The summed E-state index contributed by atoms with van der Waals surface area (Å²) in [5.74, 6) is -0.821. The Labute approximate surface area is 164 Å². The molecule has 1 fully saturated rings. The van der Waals surface area contributed by atoms with Crippen molar-refractivity contribution in [3.8, 4) is 0 Å². The standard InChI is InChI=1S/C19H15Cl2N3O3/c20-12-7-10(9-25)8-13(21)15(12)17(26)24-6-2-11-14(24)1-5-23-16(11)19(3-4-19)18(22)27/h1-2,5-8,25H,3-4,9H2,(H2,22,27). The average Bonchev–Trinajstić information content (AvgIpc) is 3.33. The van der Waals surface area contributed by atoms with E-state index >= 15 is 0 Å². The van der Waals surface area contributed by atoms with Crippen LogP contribution in [0, 0.1) is 0 Å². The zero-order chi connectivity index (χ0) is 19.3. The van der Waals surface area contributed by atoms with E-state index in [0.717, 1.165) is 0 Å². The van der Waals surface area contributed by atoms with Crippen molar-refractivity contribution in [2.75, 3.05) is 0 Å². The summed E-state index contributed by atoms with van der Waals surface area (Å²) in [6.07, 6.45) is 4.45. The lowest BCUT2D eigenvalue weighted by Gasteiger charge is -2.13. The van der Waals surface area contributed by atoms with Crippen molar-refractivity contribution >= 4 is 45.9 Å². The number of aliphatic hydroxyl groups is 1. The Balaban J connectivity index is 1.85. The number of hydrogen-bond donors (Lipinski definition) is 2. The lowest BCUT2D eigenvalue weighted by Crippen LogP contribution is -2.29. The van der Waals surface area contributed by atoms with Crippen LogP contribution in [-0.2, 0) is 16.8 Å². The smallest absolute Gasteiger partial charge is 0.265 e. The molecule has 8 heteroatoms. The number of nitrogens with two attached hydrogens (primary N) is 1. The van der Waals surface area contributed by atoms with Crippen LogP contribution in [-0.4, -0.2) is 26.5 Å². The van der Waals surface area contributed by atoms with Crippen LogP contribution in [0.1, 0.15) is 34.5 Å². The number of rotatable bonds is 4. The van der Waals surface area contributed by atoms with Gasteiger partial charge in [0, 0.05) is 17.8 Å². The summed E-state index contributed by atoms with van der Waals surface area (Å²) in [6, 6.07) is 6.44. The summed E-state index contributed by atoms with van der Waals surface area (Å²) in [5.41, 5.74) is 6.66. The van der Waals surface area contributed by atoms with Gasteiger partial charge < -0.3 is 10.8 Å². The van der Waals surface area contributed by atoms with Crippen LogP contribution < -0.4 is 5.73 Å². The number of pyridine rings is 1. The van der Waals surface area contributed by atoms with Crippen LogP contribution in [0.2, 0.25) is 10.0 Å². The van der Waals surface area contributed by atoms with Crippen molar-refractivity contribution in [2.24, 2.45) is 5.73 Å². The lowest BCUT2D eigenvalue weighted by atomic mass is 9.98. The summed E-state index contributed by atoms with van der Waals surface area (Å²) in [5, 5.41) is 10.3. The third-order valence-corrected chi connectivity index (χ3v) is 5.61. The van der Waals surface area contributed by atoms with E-state index < -0.39 is 17.2 Å². The Kier molecular flexibility index (Phi) is 4.22. The summed E-state index contributed by atoms with van der Waals surface area (Å²) in [4.78, 5) is 29.3. The largest absolute Gasteiger partial charge is 0.392 e. The molecule has 3 aromatic rings. The van der Waals surface area contributed by atoms with Crippen LogP contribution in [0.4, 0.5) is 0 Å². The minimum absolute atomic E-state index is 0.141. The maximum Gasteiger partial charge on any atom is 0.265 e. The number of carbonyl (C=O) groups excluding carboxylic acids is 2. The Morgan fingerprint density at radius 2 is 1.89 bits per heavy atom. The van der Waals surface area contributed by atoms with Crippen LogP contribution >= 0.6 is 23.2 Å². The first-order valence-corrected chi connectivity index (χ1v) is 9.04. The van der Waals surface area contributed by atoms with Crippen molar-refractivity contribution in [1.82, 2.24) is 9.55 Å². The Morgan fingerprint density at radius 1 is 1.22 bits per heavy atom. The van der Waals surface area contributed by atoms with E-state index in [9.17, 15) is 14.7 Å². The van der Waals surface area contributed by atoms with Crippen LogP contribution in [0.15, 0.2) is 36.7 Å². The highest BCUT2D eigenvalue weighted by atomic mass is 35.5. The summed E-state index contributed by atoms with van der Waals surface area (Å²) in [6.45, 7) is -0.232. The maximum atomic E-state index is 13.1. The van der Waals surface area contributed by atoms with Gasteiger partial charge in [-0.15, -0.1) is 0 Å². The van der Waals surface area contributed by atoms with Crippen LogP contribution in [0.25, 0.3) is 10.9 Å². The highest BCUT2D eigenvalue weighted by Crippen LogP contribution is 2.49. The van der Waals surface area contributed by atoms with E-state index in [-0.39, 0.29) is 22.2 Å². The van der Waals surface area contributed by atoms with Gasteiger partial charge in [-0.25, -0.2) is 0 Å². The molecule has 0 radical (unpaired) electrons. The average molecular weight is 404 g/mol. The fourth-order valence-electron chi connectivity index (χ4n) is 3.39. The summed E-state index contributed by atoms with van der Waals surface area (Å²) < 4.78 is 1.42. The fourth-order valence-corrected chi connectivity index (χ4v) is 4.09. The van der Waals surface area contributed by atoms with Gasteiger partial charge in [0.15, 0.2) is 0 Å². The van der Waals surface area contributed by atoms with Gasteiger partial charge >= 0.3 is 0 Å². The number of aliphatic hydroxyl groups excluding tert-OH is 1. The number of carbonyl (C=O) groups is 2. The van der Waals surface area contributed by atoms with E-state index in [0.29, 0.717) is 35.0 Å². The van der Waals surface area contributed by atoms with Gasteiger partial charge in [0.2, 0.25) is 5.91 Å². The van der Waals surface area contributed by atoms with Gasteiger partial charge in [-0.05, 0) is 42.7 Å². The Bertz CT molecular complexity index is 1080. The van der Waals surface area contributed by atoms with Gasteiger partial charge in [0.1, 0.15) is 0 Å². The number of benzene rings is 1. The molecule has 138 valence electrons. The monoisotopic (exact) mass is 403 g/mol. The van der Waals surface area contributed by atoms with E-state index in [1.165, 1.54) is 16.7 Å². The number of halogens is 2. The molecule has 3 N–H and O–H groups in total. The van der Waals surface area contributed by atoms with Gasteiger partial charge in [-0.2, -0.15) is 0 Å². The third-order valence-electron chi connectivity index (χ3n) is 5.01. The maximum absolute atomic E-state index is 13.1. The molecular weight excluding hydrogens is 389 g/mol. The summed E-state index contributed by atoms with van der Waals surface area (Å²) >= 11 is 12.5.